The number of nitrogens with one attached hydrogen (secondary N) is 1. The minimum Gasteiger partial charge on any atom is -0.390 e. The maximum atomic E-state index is 10.0. The number of halogens is 2. The second-order valence-corrected chi connectivity index (χ2v) is 4.54. The Morgan fingerprint density at radius 1 is 1.33 bits per heavy atom. The number of H-pyrrole nitrogens is 1. The van der Waals surface area contributed by atoms with E-state index in [1.54, 1.807) is 0 Å². The van der Waals surface area contributed by atoms with Crippen LogP contribution in [0.2, 0.25) is 10.4 Å². The van der Waals surface area contributed by atoms with E-state index in [9.17, 15) is 10.2 Å². The number of aromatic nitrogens is 3. The van der Waals surface area contributed by atoms with Crippen molar-refractivity contribution in [1.82, 2.24) is 15.0 Å². The van der Waals surface area contributed by atoms with Gasteiger partial charge in [-0.15, -0.1) is 0 Å². The Morgan fingerprint density at radius 2 is 2.06 bits per heavy atom. The molecule has 98 valence electrons. The van der Waals surface area contributed by atoms with E-state index in [0.29, 0.717) is 16.6 Å². The lowest BCUT2D eigenvalue weighted by Gasteiger charge is -2.16. The second kappa shape index (κ2) is 5.38. The Morgan fingerprint density at radius 3 is 2.72 bits per heavy atom. The van der Waals surface area contributed by atoms with Crippen molar-refractivity contribution in [2.24, 2.45) is 5.73 Å². The summed E-state index contributed by atoms with van der Waals surface area (Å²) >= 11 is 11.6. The van der Waals surface area contributed by atoms with Crippen molar-refractivity contribution in [2.45, 2.75) is 18.6 Å². The highest BCUT2D eigenvalue weighted by Gasteiger charge is 2.23. The lowest BCUT2D eigenvalue weighted by atomic mass is 10.0. The summed E-state index contributed by atoms with van der Waals surface area (Å²) in [6.07, 6.45) is -0.281. The molecule has 2 heterocycles. The average Bonchev–Trinajstić information content (AvgIpc) is 2.72. The molecule has 0 bridgehead atoms. The van der Waals surface area contributed by atoms with E-state index >= 15 is 0 Å². The molecule has 8 heteroatoms. The largest absolute Gasteiger partial charge is 0.390 e. The van der Waals surface area contributed by atoms with Gasteiger partial charge in [-0.1, -0.05) is 11.6 Å². The van der Waals surface area contributed by atoms with Gasteiger partial charge in [-0.3, -0.25) is 0 Å². The molecular weight excluding hydrogens is 279 g/mol. The molecule has 0 aliphatic rings. The molecule has 6 nitrogen and oxygen atoms in total. The summed E-state index contributed by atoms with van der Waals surface area (Å²) in [5.41, 5.74) is 6.17. The maximum absolute atomic E-state index is 10.0. The molecule has 0 fully saturated rings. The summed E-state index contributed by atoms with van der Waals surface area (Å²) in [4.78, 5) is 10.6. The molecule has 0 aromatic carbocycles. The normalized spacial score (nSPS) is 14.9. The highest BCUT2D eigenvalue weighted by molar-refractivity contribution is 6.35. The Kier molecular flexibility index (Phi) is 4.04. The van der Waals surface area contributed by atoms with Gasteiger partial charge in [0.15, 0.2) is 0 Å². The SMILES string of the molecule is NCCC(O)C(O)c1c[nH]c2nc(Cl)nc(Cl)c12. The van der Waals surface area contributed by atoms with Crippen molar-refractivity contribution < 1.29 is 10.2 Å². The summed E-state index contributed by atoms with van der Waals surface area (Å²) in [5, 5.41) is 20.4. The molecule has 0 saturated heterocycles. The third-order valence-corrected chi connectivity index (χ3v) is 3.08. The van der Waals surface area contributed by atoms with E-state index in [1.807, 2.05) is 0 Å². The molecule has 2 aromatic heterocycles. The van der Waals surface area contributed by atoms with E-state index in [4.69, 9.17) is 28.9 Å². The quantitative estimate of drug-likeness (QED) is 0.496. The van der Waals surface area contributed by atoms with Gasteiger partial charge in [-0.2, -0.15) is 4.98 Å². The van der Waals surface area contributed by atoms with Gasteiger partial charge < -0.3 is 20.9 Å². The van der Waals surface area contributed by atoms with Gasteiger partial charge >= 0.3 is 0 Å². The molecular formula is C10H12Cl2N4O2. The monoisotopic (exact) mass is 290 g/mol. The standard InChI is InChI=1S/C10H12Cl2N4O2/c11-8-6-4(7(18)5(17)1-2-13)3-14-9(6)16-10(12)15-8/h3,5,7,17-18H,1-2,13H2,(H,14,15,16). The van der Waals surface area contributed by atoms with Crippen LogP contribution in [0.4, 0.5) is 0 Å². The van der Waals surface area contributed by atoms with Crippen LogP contribution in [0.1, 0.15) is 18.1 Å². The van der Waals surface area contributed by atoms with Gasteiger partial charge in [0.05, 0.1) is 11.5 Å². The van der Waals surface area contributed by atoms with Gasteiger partial charge in [0, 0.05) is 11.8 Å². The van der Waals surface area contributed by atoms with Gasteiger partial charge in [0.25, 0.3) is 0 Å². The Hall–Kier alpha value is -0.920. The van der Waals surface area contributed by atoms with Crippen LogP contribution in [0.3, 0.4) is 0 Å². The molecule has 0 amide bonds. The molecule has 5 N–H and O–H groups in total. The van der Waals surface area contributed by atoms with Crippen LogP contribution in [0, 0.1) is 0 Å². The van der Waals surface area contributed by atoms with E-state index in [2.05, 4.69) is 15.0 Å². The van der Waals surface area contributed by atoms with Crippen molar-refractivity contribution >= 4 is 34.2 Å². The number of hydrogen-bond donors (Lipinski definition) is 4. The lowest BCUT2D eigenvalue weighted by molar-refractivity contribution is 0.0159. The number of nitrogens with two attached hydrogens (primary N) is 1. The van der Waals surface area contributed by atoms with Crippen LogP contribution in [-0.4, -0.2) is 37.8 Å². The summed E-state index contributed by atoms with van der Waals surface area (Å²) in [6, 6.07) is 0. The minimum absolute atomic E-state index is 0.0119. The molecule has 2 rings (SSSR count). The molecule has 2 unspecified atom stereocenters. The van der Waals surface area contributed by atoms with Crippen molar-refractivity contribution in [3.8, 4) is 0 Å². The Bertz CT molecular complexity index is 560. The zero-order valence-electron chi connectivity index (χ0n) is 9.27. The van der Waals surface area contributed by atoms with Crippen molar-refractivity contribution in [2.75, 3.05) is 6.54 Å². The summed E-state index contributed by atoms with van der Waals surface area (Å²) in [7, 11) is 0. The number of rotatable bonds is 4. The number of fused-ring (bicyclic) bond motifs is 1. The Labute approximate surface area is 113 Å². The average molecular weight is 291 g/mol. The van der Waals surface area contributed by atoms with Gasteiger partial charge in [0.2, 0.25) is 5.28 Å². The van der Waals surface area contributed by atoms with E-state index in [-0.39, 0.29) is 23.4 Å². The maximum Gasteiger partial charge on any atom is 0.225 e. The smallest absolute Gasteiger partial charge is 0.225 e. The lowest BCUT2D eigenvalue weighted by Crippen LogP contribution is -2.21. The molecule has 0 radical (unpaired) electrons. The number of aromatic amines is 1. The van der Waals surface area contributed by atoms with Crippen LogP contribution in [0.15, 0.2) is 6.20 Å². The number of hydrogen-bond acceptors (Lipinski definition) is 5. The highest BCUT2D eigenvalue weighted by atomic mass is 35.5. The first-order valence-corrected chi connectivity index (χ1v) is 6.06. The molecule has 0 aliphatic heterocycles. The number of aliphatic hydroxyl groups is 2. The number of nitrogens with zero attached hydrogens (tertiary/aromatic N) is 2. The third kappa shape index (κ3) is 2.43. The van der Waals surface area contributed by atoms with Crippen molar-refractivity contribution in [1.29, 1.82) is 0 Å². The molecule has 0 spiro atoms. The topological polar surface area (TPSA) is 108 Å². The van der Waals surface area contributed by atoms with E-state index in [0.717, 1.165) is 0 Å². The fourth-order valence-electron chi connectivity index (χ4n) is 1.76. The van der Waals surface area contributed by atoms with Crippen LogP contribution < -0.4 is 5.73 Å². The summed E-state index contributed by atoms with van der Waals surface area (Å²) < 4.78 is 0. The number of aliphatic hydroxyl groups excluding tert-OH is 2. The summed E-state index contributed by atoms with van der Waals surface area (Å²) in [6.45, 7) is 0.274. The Balaban J connectivity index is 2.46. The summed E-state index contributed by atoms with van der Waals surface area (Å²) in [5.74, 6) is 0. The first kappa shape index (κ1) is 13.5. The first-order valence-electron chi connectivity index (χ1n) is 5.30. The van der Waals surface area contributed by atoms with E-state index in [1.165, 1.54) is 6.20 Å². The fraction of sp³-hybridized carbons (Fsp3) is 0.400. The third-order valence-electron chi connectivity index (χ3n) is 2.64. The van der Waals surface area contributed by atoms with Crippen LogP contribution in [0.5, 0.6) is 0 Å². The van der Waals surface area contributed by atoms with Gasteiger partial charge in [-0.05, 0) is 24.6 Å². The molecule has 2 atom stereocenters. The zero-order valence-corrected chi connectivity index (χ0v) is 10.8. The first-order chi connectivity index (χ1) is 8.54. The molecule has 18 heavy (non-hydrogen) atoms. The molecule has 2 aromatic rings. The van der Waals surface area contributed by atoms with Crippen LogP contribution >= 0.6 is 23.2 Å². The minimum atomic E-state index is -1.11. The highest BCUT2D eigenvalue weighted by Crippen LogP contribution is 2.31. The van der Waals surface area contributed by atoms with Crippen LogP contribution in [0.25, 0.3) is 11.0 Å². The predicted molar refractivity (Wildman–Crippen MR) is 68.5 cm³/mol. The van der Waals surface area contributed by atoms with Crippen molar-refractivity contribution in [3.63, 3.8) is 0 Å². The zero-order chi connectivity index (χ0) is 13.3. The predicted octanol–water partition coefficient (Wildman–Crippen LogP) is 1.01. The van der Waals surface area contributed by atoms with Gasteiger partial charge in [-0.25, -0.2) is 4.98 Å². The van der Waals surface area contributed by atoms with Gasteiger partial charge in [0.1, 0.15) is 16.9 Å². The van der Waals surface area contributed by atoms with Crippen LogP contribution in [-0.2, 0) is 0 Å². The fourth-order valence-corrected chi connectivity index (χ4v) is 2.25. The molecule has 0 saturated carbocycles. The van der Waals surface area contributed by atoms with E-state index < -0.39 is 12.2 Å². The van der Waals surface area contributed by atoms with Crippen molar-refractivity contribution in [3.05, 3.63) is 22.2 Å². The second-order valence-electron chi connectivity index (χ2n) is 3.84. The molecule has 0 aliphatic carbocycles.